The molecular formula is C17H14Cl2N4O. The molecular weight excluding hydrogens is 347 g/mol. The SMILES string of the molecule is COc1cccc(Nc2cc(Nc3ccc(Cl)c(Cl)c3)ncn2)c1. The molecule has 0 radical (unpaired) electrons. The summed E-state index contributed by atoms with van der Waals surface area (Å²) in [5.41, 5.74) is 1.66. The predicted molar refractivity (Wildman–Crippen MR) is 98.1 cm³/mol. The molecule has 0 amide bonds. The van der Waals surface area contributed by atoms with E-state index >= 15 is 0 Å². The van der Waals surface area contributed by atoms with E-state index in [9.17, 15) is 0 Å². The molecule has 0 atom stereocenters. The fourth-order valence-corrected chi connectivity index (χ4v) is 2.36. The number of anilines is 4. The van der Waals surface area contributed by atoms with Gasteiger partial charge >= 0.3 is 0 Å². The van der Waals surface area contributed by atoms with Gasteiger partial charge < -0.3 is 15.4 Å². The zero-order valence-electron chi connectivity index (χ0n) is 12.8. The lowest BCUT2D eigenvalue weighted by atomic mass is 10.3. The van der Waals surface area contributed by atoms with Crippen LogP contribution in [-0.2, 0) is 0 Å². The van der Waals surface area contributed by atoms with E-state index in [4.69, 9.17) is 27.9 Å². The van der Waals surface area contributed by atoms with Crippen LogP contribution in [0.1, 0.15) is 0 Å². The summed E-state index contributed by atoms with van der Waals surface area (Å²) in [4.78, 5) is 8.41. The Morgan fingerprint density at radius 3 is 2.21 bits per heavy atom. The minimum atomic E-state index is 0.477. The highest BCUT2D eigenvalue weighted by Gasteiger charge is 2.03. The van der Waals surface area contributed by atoms with Gasteiger partial charge in [0.05, 0.1) is 17.2 Å². The summed E-state index contributed by atoms with van der Waals surface area (Å²) in [5, 5.41) is 7.35. The summed E-state index contributed by atoms with van der Waals surface area (Å²) < 4.78 is 5.21. The molecule has 0 spiro atoms. The molecule has 122 valence electrons. The maximum Gasteiger partial charge on any atom is 0.135 e. The van der Waals surface area contributed by atoms with Crippen molar-refractivity contribution in [3.8, 4) is 5.75 Å². The first-order valence-electron chi connectivity index (χ1n) is 7.09. The average molecular weight is 361 g/mol. The van der Waals surface area contributed by atoms with E-state index in [1.54, 1.807) is 25.3 Å². The molecule has 1 heterocycles. The van der Waals surface area contributed by atoms with Gasteiger partial charge in [-0.3, -0.25) is 0 Å². The van der Waals surface area contributed by atoms with Crippen LogP contribution >= 0.6 is 23.2 Å². The molecule has 2 aromatic carbocycles. The lowest BCUT2D eigenvalue weighted by Crippen LogP contribution is -1.98. The van der Waals surface area contributed by atoms with Crippen molar-refractivity contribution in [1.82, 2.24) is 9.97 Å². The molecule has 1 aromatic heterocycles. The molecule has 0 aliphatic rings. The van der Waals surface area contributed by atoms with Crippen molar-refractivity contribution < 1.29 is 4.74 Å². The van der Waals surface area contributed by atoms with Crippen LogP contribution in [0.5, 0.6) is 5.75 Å². The van der Waals surface area contributed by atoms with Crippen molar-refractivity contribution in [3.05, 3.63) is 64.9 Å². The van der Waals surface area contributed by atoms with E-state index in [1.807, 2.05) is 30.3 Å². The van der Waals surface area contributed by atoms with E-state index in [2.05, 4.69) is 20.6 Å². The number of benzene rings is 2. The Hall–Kier alpha value is -2.50. The summed E-state index contributed by atoms with van der Waals surface area (Å²) in [6.07, 6.45) is 1.47. The highest BCUT2D eigenvalue weighted by atomic mass is 35.5. The molecule has 24 heavy (non-hydrogen) atoms. The summed E-state index contributed by atoms with van der Waals surface area (Å²) >= 11 is 11.9. The Morgan fingerprint density at radius 2 is 1.54 bits per heavy atom. The Morgan fingerprint density at radius 1 is 0.833 bits per heavy atom. The summed E-state index contributed by atoms with van der Waals surface area (Å²) in [6, 6.07) is 14.7. The Bertz CT molecular complexity index is 857. The standard InChI is InChI=1S/C17H14Cl2N4O/c1-24-13-4-2-3-11(7-13)22-16-9-17(21-10-20-16)23-12-5-6-14(18)15(19)8-12/h2-10H,1H3,(H2,20,21,22,23). The number of hydrogen-bond donors (Lipinski definition) is 2. The van der Waals surface area contributed by atoms with Gasteiger partial charge in [-0.25, -0.2) is 9.97 Å². The van der Waals surface area contributed by atoms with Crippen LogP contribution in [0.3, 0.4) is 0 Å². The topological polar surface area (TPSA) is 59.1 Å². The maximum absolute atomic E-state index is 6.02. The number of aromatic nitrogens is 2. The van der Waals surface area contributed by atoms with E-state index < -0.39 is 0 Å². The van der Waals surface area contributed by atoms with E-state index in [1.165, 1.54) is 6.33 Å². The largest absolute Gasteiger partial charge is 0.497 e. The highest BCUT2D eigenvalue weighted by Crippen LogP contribution is 2.27. The fourth-order valence-electron chi connectivity index (χ4n) is 2.06. The zero-order valence-corrected chi connectivity index (χ0v) is 14.3. The van der Waals surface area contributed by atoms with Crippen molar-refractivity contribution in [2.24, 2.45) is 0 Å². The minimum absolute atomic E-state index is 0.477. The van der Waals surface area contributed by atoms with E-state index in [0.717, 1.165) is 17.1 Å². The van der Waals surface area contributed by atoms with Gasteiger partial charge in [-0.2, -0.15) is 0 Å². The third kappa shape index (κ3) is 4.07. The van der Waals surface area contributed by atoms with Crippen LogP contribution in [0.4, 0.5) is 23.0 Å². The van der Waals surface area contributed by atoms with Crippen LogP contribution in [0.15, 0.2) is 54.9 Å². The lowest BCUT2D eigenvalue weighted by Gasteiger charge is -2.10. The smallest absolute Gasteiger partial charge is 0.135 e. The second kappa shape index (κ2) is 7.38. The molecule has 0 saturated carbocycles. The molecule has 0 aliphatic heterocycles. The van der Waals surface area contributed by atoms with Crippen LogP contribution in [0.2, 0.25) is 10.0 Å². The monoisotopic (exact) mass is 360 g/mol. The average Bonchev–Trinajstić information content (AvgIpc) is 2.59. The molecule has 0 bridgehead atoms. The first-order valence-corrected chi connectivity index (χ1v) is 7.85. The second-order valence-corrected chi connectivity index (χ2v) is 5.71. The zero-order chi connectivity index (χ0) is 16.9. The van der Waals surface area contributed by atoms with Gasteiger partial charge in [-0.1, -0.05) is 29.3 Å². The Labute approximate surface area is 149 Å². The van der Waals surface area contributed by atoms with Crippen LogP contribution in [0.25, 0.3) is 0 Å². The normalized spacial score (nSPS) is 10.3. The number of nitrogens with zero attached hydrogens (tertiary/aromatic N) is 2. The number of nitrogens with one attached hydrogen (secondary N) is 2. The third-order valence-corrected chi connectivity index (χ3v) is 3.94. The quantitative estimate of drug-likeness (QED) is 0.648. The summed E-state index contributed by atoms with van der Waals surface area (Å²) in [6.45, 7) is 0. The minimum Gasteiger partial charge on any atom is -0.497 e. The van der Waals surface area contributed by atoms with Crippen molar-refractivity contribution in [2.45, 2.75) is 0 Å². The first kappa shape index (κ1) is 16.4. The molecule has 0 unspecified atom stereocenters. The van der Waals surface area contributed by atoms with Crippen LogP contribution < -0.4 is 15.4 Å². The molecule has 0 saturated heterocycles. The Balaban J connectivity index is 1.77. The molecule has 3 rings (SSSR count). The Kier molecular flexibility index (Phi) is 5.03. The lowest BCUT2D eigenvalue weighted by molar-refractivity contribution is 0.415. The van der Waals surface area contributed by atoms with Crippen LogP contribution in [0, 0.1) is 0 Å². The van der Waals surface area contributed by atoms with Gasteiger partial charge in [0.1, 0.15) is 23.7 Å². The van der Waals surface area contributed by atoms with Gasteiger partial charge in [0.15, 0.2) is 0 Å². The van der Waals surface area contributed by atoms with Crippen LogP contribution in [-0.4, -0.2) is 17.1 Å². The number of ether oxygens (including phenoxy) is 1. The molecule has 2 N–H and O–H groups in total. The van der Waals surface area contributed by atoms with Gasteiger partial charge in [0.25, 0.3) is 0 Å². The first-order chi connectivity index (χ1) is 11.6. The van der Waals surface area contributed by atoms with Crippen molar-refractivity contribution in [1.29, 1.82) is 0 Å². The van der Waals surface area contributed by atoms with E-state index in [-0.39, 0.29) is 0 Å². The second-order valence-electron chi connectivity index (χ2n) is 4.90. The predicted octanol–water partition coefficient (Wildman–Crippen LogP) is 5.28. The number of hydrogen-bond acceptors (Lipinski definition) is 5. The molecule has 7 heteroatoms. The maximum atomic E-state index is 6.02. The number of rotatable bonds is 5. The highest BCUT2D eigenvalue weighted by molar-refractivity contribution is 6.42. The number of halogens is 2. The van der Waals surface area contributed by atoms with Crippen molar-refractivity contribution >= 4 is 46.2 Å². The van der Waals surface area contributed by atoms with Gasteiger partial charge in [-0.15, -0.1) is 0 Å². The van der Waals surface area contributed by atoms with Gasteiger partial charge in [0, 0.05) is 23.5 Å². The van der Waals surface area contributed by atoms with E-state index in [0.29, 0.717) is 21.7 Å². The molecule has 5 nitrogen and oxygen atoms in total. The van der Waals surface area contributed by atoms with Gasteiger partial charge in [0.2, 0.25) is 0 Å². The number of methoxy groups -OCH3 is 1. The molecule has 3 aromatic rings. The van der Waals surface area contributed by atoms with Gasteiger partial charge in [-0.05, 0) is 30.3 Å². The fraction of sp³-hybridized carbons (Fsp3) is 0.0588. The van der Waals surface area contributed by atoms with Crippen molar-refractivity contribution in [3.63, 3.8) is 0 Å². The summed E-state index contributed by atoms with van der Waals surface area (Å²) in [5.74, 6) is 2.05. The summed E-state index contributed by atoms with van der Waals surface area (Å²) in [7, 11) is 1.63. The molecule has 0 fully saturated rings. The molecule has 0 aliphatic carbocycles. The third-order valence-electron chi connectivity index (χ3n) is 3.20. The van der Waals surface area contributed by atoms with Crippen molar-refractivity contribution in [2.75, 3.05) is 17.7 Å².